The third-order valence-electron chi connectivity index (χ3n) is 3.04. The van der Waals surface area contributed by atoms with Crippen LogP contribution in [0.5, 0.6) is 0 Å². The van der Waals surface area contributed by atoms with Gasteiger partial charge in [-0.25, -0.2) is 0 Å². The van der Waals surface area contributed by atoms with E-state index in [0.717, 1.165) is 23.5 Å². The van der Waals surface area contributed by atoms with Crippen molar-refractivity contribution in [3.8, 4) is 0 Å². The van der Waals surface area contributed by atoms with Gasteiger partial charge >= 0.3 is 0 Å². The smallest absolute Gasteiger partial charge is 0.253 e. The Balaban J connectivity index is 2.15. The molecule has 0 radical (unpaired) electrons. The molecule has 100 valence electrons. The van der Waals surface area contributed by atoms with Gasteiger partial charge in [-0.05, 0) is 37.6 Å². The number of carbonyl (C=O) groups excluding carboxylic acids is 1. The third kappa shape index (κ3) is 3.02. The van der Waals surface area contributed by atoms with Gasteiger partial charge in [-0.1, -0.05) is 12.1 Å². The lowest BCUT2D eigenvalue weighted by molar-refractivity contribution is 0.0827. The maximum absolute atomic E-state index is 11.8. The lowest BCUT2D eigenvalue weighted by Gasteiger charge is -2.11. The quantitative estimate of drug-likeness (QED) is 0.846. The van der Waals surface area contributed by atoms with Crippen molar-refractivity contribution in [1.29, 1.82) is 0 Å². The zero-order valence-corrected chi connectivity index (χ0v) is 11.8. The SMILES string of the molecule is Cc1cc(C)n(Cc2ccc(C(=O)N(C)C)cc2)n1. The van der Waals surface area contributed by atoms with Crippen LogP contribution in [0.2, 0.25) is 0 Å². The number of hydrogen-bond acceptors (Lipinski definition) is 2. The summed E-state index contributed by atoms with van der Waals surface area (Å²) in [6, 6.07) is 9.75. The Kier molecular flexibility index (Phi) is 3.69. The molecule has 0 aliphatic heterocycles. The summed E-state index contributed by atoms with van der Waals surface area (Å²) in [7, 11) is 3.51. The number of amides is 1. The molecule has 0 saturated heterocycles. The van der Waals surface area contributed by atoms with Crippen molar-refractivity contribution >= 4 is 5.91 Å². The van der Waals surface area contributed by atoms with Gasteiger partial charge in [0.25, 0.3) is 5.91 Å². The van der Waals surface area contributed by atoms with Crippen LogP contribution in [0, 0.1) is 13.8 Å². The fraction of sp³-hybridized carbons (Fsp3) is 0.333. The molecular weight excluding hydrogens is 238 g/mol. The Morgan fingerprint density at radius 3 is 2.32 bits per heavy atom. The summed E-state index contributed by atoms with van der Waals surface area (Å²) in [5, 5.41) is 4.43. The minimum Gasteiger partial charge on any atom is -0.345 e. The number of aryl methyl sites for hydroxylation is 2. The first-order valence-corrected chi connectivity index (χ1v) is 6.29. The molecule has 0 aliphatic rings. The predicted molar refractivity (Wildman–Crippen MR) is 75.3 cm³/mol. The molecule has 0 bridgehead atoms. The fourth-order valence-electron chi connectivity index (χ4n) is 2.02. The second-order valence-corrected chi connectivity index (χ2v) is 4.98. The van der Waals surface area contributed by atoms with Crippen LogP contribution in [0.3, 0.4) is 0 Å². The van der Waals surface area contributed by atoms with E-state index < -0.39 is 0 Å². The molecule has 0 N–H and O–H groups in total. The highest BCUT2D eigenvalue weighted by molar-refractivity contribution is 5.93. The van der Waals surface area contributed by atoms with Gasteiger partial charge in [0.2, 0.25) is 0 Å². The second-order valence-electron chi connectivity index (χ2n) is 4.98. The highest BCUT2D eigenvalue weighted by atomic mass is 16.2. The number of carbonyl (C=O) groups is 1. The lowest BCUT2D eigenvalue weighted by Crippen LogP contribution is -2.21. The Bertz CT molecular complexity index is 582. The van der Waals surface area contributed by atoms with Crippen LogP contribution in [0.15, 0.2) is 30.3 Å². The summed E-state index contributed by atoms with van der Waals surface area (Å²) in [4.78, 5) is 13.4. The fourth-order valence-corrected chi connectivity index (χ4v) is 2.02. The number of nitrogens with zero attached hydrogens (tertiary/aromatic N) is 3. The Morgan fingerprint density at radius 2 is 1.84 bits per heavy atom. The molecule has 0 atom stereocenters. The zero-order chi connectivity index (χ0) is 14.0. The summed E-state index contributed by atoms with van der Waals surface area (Å²) < 4.78 is 1.97. The molecule has 2 rings (SSSR count). The van der Waals surface area contributed by atoms with Crippen molar-refractivity contribution in [2.45, 2.75) is 20.4 Å². The summed E-state index contributed by atoms with van der Waals surface area (Å²) in [6.45, 7) is 4.77. The predicted octanol–water partition coefficient (Wildman–Crippen LogP) is 2.25. The van der Waals surface area contributed by atoms with E-state index in [2.05, 4.69) is 11.2 Å². The van der Waals surface area contributed by atoms with Crippen LogP contribution in [0.4, 0.5) is 0 Å². The van der Waals surface area contributed by atoms with E-state index in [9.17, 15) is 4.79 Å². The van der Waals surface area contributed by atoms with Crippen LogP contribution in [-0.4, -0.2) is 34.7 Å². The summed E-state index contributed by atoms with van der Waals surface area (Å²) >= 11 is 0. The molecule has 1 aromatic heterocycles. The molecule has 0 saturated carbocycles. The highest BCUT2D eigenvalue weighted by Gasteiger charge is 2.08. The average molecular weight is 257 g/mol. The first kappa shape index (κ1) is 13.3. The minimum absolute atomic E-state index is 0.0256. The van der Waals surface area contributed by atoms with Gasteiger partial charge in [0.05, 0.1) is 12.2 Å². The van der Waals surface area contributed by atoms with Crippen LogP contribution < -0.4 is 0 Å². The molecule has 1 heterocycles. The first-order chi connectivity index (χ1) is 8.97. The molecule has 1 aromatic carbocycles. The van der Waals surface area contributed by atoms with Crippen molar-refractivity contribution < 1.29 is 4.79 Å². The number of rotatable bonds is 3. The van der Waals surface area contributed by atoms with Crippen LogP contribution in [0.1, 0.15) is 27.3 Å². The molecule has 19 heavy (non-hydrogen) atoms. The summed E-state index contributed by atoms with van der Waals surface area (Å²) in [5.74, 6) is 0.0256. The van der Waals surface area contributed by atoms with Gasteiger partial charge in [-0.15, -0.1) is 0 Å². The minimum atomic E-state index is 0.0256. The number of benzene rings is 1. The summed E-state index contributed by atoms with van der Waals surface area (Å²) in [5.41, 5.74) is 4.02. The first-order valence-electron chi connectivity index (χ1n) is 6.29. The van der Waals surface area contributed by atoms with Gasteiger partial charge < -0.3 is 4.90 Å². The lowest BCUT2D eigenvalue weighted by atomic mass is 10.1. The van der Waals surface area contributed by atoms with Crippen LogP contribution >= 0.6 is 0 Å². The standard InChI is InChI=1S/C15H19N3O/c1-11-9-12(2)18(16-11)10-13-5-7-14(8-6-13)15(19)17(3)4/h5-9H,10H2,1-4H3. The van der Waals surface area contributed by atoms with E-state index >= 15 is 0 Å². The van der Waals surface area contributed by atoms with Crippen molar-refractivity contribution in [3.63, 3.8) is 0 Å². The van der Waals surface area contributed by atoms with E-state index in [1.54, 1.807) is 19.0 Å². The monoisotopic (exact) mass is 257 g/mol. The van der Waals surface area contributed by atoms with E-state index in [4.69, 9.17) is 0 Å². The van der Waals surface area contributed by atoms with E-state index in [1.807, 2.05) is 42.8 Å². The Morgan fingerprint density at radius 1 is 1.21 bits per heavy atom. The Labute approximate surface area is 113 Å². The molecular formula is C15H19N3O. The van der Waals surface area contributed by atoms with Crippen LogP contribution in [0.25, 0.3) is 0 Å². The normalized spacial score (nSPS) is 10.5. The van der Waals surface area contributed by atoms with Gasteiger partial charge in [-0.3, -0.25) is 9.48 Å². The van der Waals surface area contributed by atoms with E-state index in [0.29, 0.717) is 5.56 Å². The molecule has 0 aliphatic carbocycles. The molecule has 0 fully saturated rings. The topological polar surface area (TPSA) is 38.1 Å². The molecule has 0 unspecified atom stereocenters. The number of hydrogen-bond donors (Lipinski definition) is 0. The van der Waals surface area contributed by atoms with Crippen molar-refractivity contribution in [2.24, 2.45) is 0 Å². The van der Waals surface area contributed by atoms with Gasteiger partial charge in [0.1, 0.15) is 0 Å². The molecule has 1 amide bonds. The molecule has 4 heteroatoms. The maximum Gasteiger partial charge on any atom is 0.253 e. The zero-order valence-electron chi connectivity index (χ0n) is 11.8. The average Bonchev–Trinajstić information content (AvgIpc) is 2.68. The third-order valence-corrected chi connectivity index (χ3v) is 3.04. The van der Waals surface area contributed by atoms with Gasteiger partial charge in [-0.2, -0.15) is 5.10 Å². The number of aromatic nitrogens is 2. The van der Waals surface area contributed by atoms with Crippen molar-refractivity contribution in [1.82, 2.24) is 14.7 Å². The molecule has 4 nitrogen and oxygen atoms in total. The highest BCUT2D eigenvalue weighted by Crippen LogP contribution is 2.10. The molecule has 2 aromatic rings. The van der Waals surface area contributed by atoms with Crippen LogP contribution in [-0.2, 0) is 6.54 Å². The van der Waals surface area contributed by atoms with Gasteiger partial charge in [0.15, 0.2) is 0 Å². The van der Waals surface area contributed by atoms with Crippen molar-refractivity contribution in [3.05, 3.63) is 52.8 Å². The van der Waals surface area contributed by atoms with Crippen molar-refractivity contribution in [2.75, 3.05) is 14.1 Å². The Hall–Kier alpha value is -2.10. The largest absolute Gasteiger partial charge is 0.345 e. The summed E-state index contributed by atoms with van der Waals surface area (Å²) in [6.07, 6.45) is 0. The molecule has 0 spiro atoms. The van der Waals surface area contributed by atoms with E-state index in [-0.39, 0.29) is 5.91 Å². The van der Waals surface area contributed by atoms with E-state index in [1.165, 1.54) is 0 Å². The second kappa shape index (κ2) is 5.26. The van der Waals surface area contributed by atoms with Gasteiger partial charge in [0, 0.05) is 25.4 Å². The maximum atomic E-state index is 11.8.